The maximum atomic E-state index is 11.8. The first-order chi connectivity index (χ1) is 11.6. The van der Waals surface area contributed by atoms with Gasteiger partial charge in [0.2, 0.25) is 0 Å². The molecule has 1 rings (SSSR count). The maximum Gasteiger partial charge on any atom is 0.337 e. The number of nitrogens with two attached hydrogens (primary N) is 1. The summed E-state index contributed by atoms with van der Waals surface area (Å²) in [7, 11) is 1.41. The smallest absolute Gasteiger partial charge is 0.337 e. The topological polar surface area (TPSA) is 55.6 Å². The van der Waals surface area contributed by atoms with Crippen molar-refractivity contribution in [3.8, 4) is 0 Å². The van der Waals surface area contributed by atoms with Crippen LogP contribution in [0.2, 0.25) is 0 Å². The zero-order valence-electron chi connectivity index (χ0n) is 15.6. The number of ether oxygens (including phenoxy) is 1. The molecule has 24 heavy (non-hydrogen) atoms. The third-order valence-corrected chi connectivity index (χ3v) is 4.36. The number of methoxy groups -OCH3 is 1. The molecule has 4 heteroatoms. The quantitative estimate of drug-likeness (QED) is 0.331. The Morgan fingerprint density at radius 2 is 1.58 bits per heavy atom. The third kappa shape index (κ3) is 6.81. The molecule has 4 nitrogen and oxygen atoms in total. The second kappa shape index (κ2) is 11.8. The fourth-order valence-corrected chi connectivity index (χ4v) is 2.87. The number of benzene rings is 1. The van der Waals surface area contributed by atoms with Gasteiger partial charge in [-0.3, -0.25) is 0 Å². The summed E-state index contributed by atoms with van der Waals surface area (Å²) in [5, 5.41) is 0. The monoisotopic (exact) mass is 334 g/mol. The van der Waals surface area contributed by atoms with Crippen molar-refractivity contribution in [3.05, 3.63) is 23.8 Å². The van der Waals surface area contributed by atoms with E-state index < -0.39 is 0 Å². The van der Waals surface area contributed by atoms with E-state index in [2.05, 4.69) is 18.7 Å². The number of hydrogen-bond donors (Lipinski definition) is 1. The summed E-state index contributed by atoms with van der Waals surface area (Å²) in [6.07, 6.45) is 9.78. The first-order valence-corrected chi connectivity index (χ1v) is 9.36. The van der Waals surface area contributed by atoms with E-state index in [4.69, 9.17) is 10.5 Å². The number of carbonyl (C=O) groups is 1. The van der Waals surface area contributed by atoms with Crippen LogP contribution < -0.4 is 10.6 Å². The second-order valence-electron chi connectivity index (χ2n) is 6.37. The van der Waals surface area contributed by atoms with E-state index in [-0.39, 0.29) is 5.97 Å². The van der Waals surface area contributed by atoms with E-state index >= 15 is 0 Å². The molecule has 0 aromatic heterocycles. The molecule has 2 N–H and O–H groups in total. The summed E-state index contributed by atoms with van der Waals surface area (Å²) in [6.45, 7) is 6.42. The average Bonchev–Trinajstić information content (AvgIpc) is 2.60. The van der Waals surface area contributed by atoms with Gasteiger partial charge in [-0.1, -0.05) is 52.4 Å². The Bertz CT molecular complexity index is 477. The summed E-state index contributed by atoms with van der Waals surface area (Å²) in [6, 6.07) is 5.42. The highest BCUT2D eigenvalue weighted by Crippen LogP contribution is 2.26. The van der Waals surface area contributed by atoms with Crippen LogP contribution in [-0.2, 0) is 4.74 Å². The summed E-state index contributed by atoms with van der Waals surface area (Å²) < 4.78 is 4.84. The predicted molar refractivity (Wildman–Crippen MR) is 103 cm³/mol. The van der Waals surface area contributed by atoms with Gasteiger partial charge >= 0.3 is 5.97 Å². The van der Waals surface area contributed by atoms with Crippen LogP contribution in [0.5, 0.6) is 0 Å². The lowest BCUT2D eigenvalue weighted by Gasteiger charge is -2.27. The van der Waals surface area contributed by atoms with Gasteiger partial charge in [0.1, 0.15) is 0 Å². The molecule has 0 aliphatic carbocycles. The SMILES string of the molecule is CCCCCCN(CCCCCC)c1cc(C(=O)OC)ccc1N. The Labute approximate surface area is 147 Å². The van der Waals surface area contributed by atoms with Crippen LogP contribution in [0.15, 0.2) is 18.2 Å². The molecular weight excluding hydrogens is 300 g/mol. The highest BCUT2D eigenvalue weighted by molar-refractivity contribution is 5.92. The van der Waals surface area contributed by atoms with Gasteiger partial charge in [0.05, 0.1) is 24.0 Å². The average molecular weight is 335 g/mol. The van der Waals surface area contributed by atoms with E-state index in [0.29, 0.717) is 5.56 Å². The summed E-state index contributed by atoms with van der Waals surface area (Å²) in [5.41, 5.74) is 8.46. The largest absolute Gasteiger partial charge is 0.465 e. The summed E-state index contributed by atoms with van der Waals surface area (Å²) >= 11 is 0. The highest BCUT2D eigenvalue weighted by atomic mass is 16.5. The number of nitrogen functional groups attached to an aromatic ring is 1. The van der Waals surface area contributed by atoms with E-state index in [0.717, 1.165) is 37.3 Å². The molecular formula is C20H34N2O2. The maximum absolute atomic E-state index is 11.8. The molecule has 0 aliphatic rings. The third-order valence-electron chi connectivity index (χ3n) is 4.36. The van der Waals surface area contributed by atoms with Crippen molar-refractivity contribution in [2.24, 2.45) is 0 Å². The lowest BCUT2D eigenvalue weighted by atomic mass is 10.1. The molecule has 0 bridgehead atoms. The lowest BCUT2D eigenvalue weighted by Crippen LogP contribution is -2.27. The number of nitrogens with zero attached hydrogens (tertiary/aromatic N) is 1. The van der Waals surface area contributed by atoms with Crippen LogP contribution in [0.1, 0.15) is 75.6 Å². The number of unbranched alkanes of at least 4 members (excludes halogenated alkanes) is 6. The Kier molecular flexibility index (Phi) is 9.97. The van der Waals surface area contributed by atoms with Gasteiger partial charge in [0.25, 0.3) is 0 Å². The van der Waals surface area contributed by atoms with Gasteiger partial charge < -0.3 is 15.4 Å². The number of rotatable bonds is 12. The Morgan fingerprint density at radius 3 is 2.08 bits per heavy atom. The molecule has 0 spiro atoms. The van der Waals surface area contributed by atoms with Crippen molar-refractivity contribution in [2.75, 3.05) is 30.8 Å². The molecule has 1 aromatic carbocycles. The molecule has 0 heterocycles. The van der Waals surface area contributed by atoms with E-state index in [1.54, 1.807) is 6.07 Å². The van der Waals surface area contributed by atoms with Crippen LogP contribution in [0.4, 0.5) is 11.4 Å². The van der Waals surface area contributed by atoms with Crippen LogP contribution in [0, 0.1) is 0 Å². The number of hydrogen-bond acceptors (Lipinski definition) is 4. The Balaban J connectivity index is 2.83. The van der Waals surface area contributed by atoms with E-state index in [1.807, 2.05) is 12.1 Å². The van der Waals surface area contributed by atoms with Crippen molar-refractivity contribution in [3.63, 3.8) is 0 Å². The van der Waals surface area contributed by atoms with Gasteiger partial charge in [0, 0.05) is 13.1 Å². The normalized spacial score (nSPS) is 10.6. The molecule has 0 saturated carbocycles. The van der Waals surface area contributed by atoms with Gasteiger partial charge in [-0.05, 0) is 31.0 Å². The van der Waals surface area contributed by atoms with E-state index in [9.17, 15) is 4.79 Å². The zero-order chi connectivity index (χ0) is 17.8. The number of esters is 1. The van der Waals surface area contributed by atoms with Crippen LogP contribution >= 0.6 is 0 Å². The molecule has 0 aliphatic heterocycles. The highest BCUT2D eigenvalue weighted by Gasteiger charge is 2.14. The fourth-order valence-electron chi connectivity index (χ4n) is 2.87. The molecule has 0 saturated heterocycles. The molecule has 1 aromatic rings. The lowest BCUT2D eigenvalue weighted by molar-refractivity contribution is 0.0601. The van der Waals surface area contributed by atoms with Crippen LogP contribution in [-0.4, -0.2) is 26.2 Å². The van der Waals surface area contributed by atoms with Crippen LogP contribution in [0.25, 0.3) is 0 Å². The van der Waals surface area contributed by atoms with Crippen molar-refractivity contribution >= 4 is 17.3 Å². The van der Waals surface area contributed by atoms with Crippen LogP contribution in [0.3, 0.4) is 0 Å². The van der Waals surface area contributed by atoms with Gasteiger partial charge in [-0.2, -0.15) is 0 Å². The summed E-state index contributed by atoms with van der Waals surface area (Å²) in [4.78, 5) is 14.2. The first-order valence-electron chi connectivity index (χ1n) is 9.36. The van der Waals surface area contributed by atoms with Gasteiger partial charge in [0.15, 0.2) is 0 Å². The van der Waals surface area contributed by atoms with Crippen molar-refractivity contribution in [1.82, 2.24) is 0 Å². The fraction of sp³-hybridized carbons (Fsp3) is 0.650. The second-order valence-corrected chi connectivity index (χ2v) is 6.37. The molecule has 0 amide bonds. The zero-order valence-corrected chi connectivity index (χ0v) is 15.6. The molecule has 0 radical (unpaired) electrons. The van der Waals surface area contributed by atoms with Crippen molar-refractivity contribution < 1.29 is 9.53 Å². The first kappa shape index (κ1) is 20.3. The van der Waals surface area contributed by atoms with Gasteiger partial charge in [-0.25, -0.2) is 4.79 Å². The standard InChI is InChI=1S/C20H34N2O2/c1-4-6-8-10-14-22(15-11-9-7-5-2)19-16-17(20(23)24-3)12-13-18(19)21/h12-13,16H,4-11,14-15,21H2,1-3H3. The molecule has 0 fully saturated rings. The number of anilines is 2. The minimum atomic E-state index is -0.312. The minimum absolute atomic E-state index is 0.312. The molecule has 0 atom stereocenters. The summed E-state index contributed by atoms with van der Waals surface area (Å²) in [5.74, 6) is -0.312. The van der Waals surface area contributed by atoms with Gasteiger partial charge in [-0.15, -0.1) is 0 Å². The Morgan fingerprint density at radius 1 is 1.00 bits per heavy atom. The van der Waals surface area contributed by atoms with E-state index in [1.165, 1.54) is 45.6 Å². The van der Waals surface area contributed by atoms with Crippen molar-refractivity contribution in [2.45, 2.75) is 65.2 Å². The number of carbonyl (C=O) groups excluding carboxylic acids is 1. The van der Waals surface area contributed by atoms with Crippen molar-refractivity contribution in [1.29, 1.82) is 0 Å². The minimum Gasteiger partial charge on any atom is -0.465 e. The molecule has 136 valence electrons. The predicted octanol–water partition coefficient (Wildman–Crippen LogP) is 5.02. The molecule has 0 unspecified atom stereocenters. The Hall–Kier alpha value is -1.71.